The molecule has 1 fully saturated rings. The molecule has 15 heavy (non-hydrogen) atoms. The van der Waals surface area contributed by atoms with Crippen molar-refractivity contribution in [2.45, 2.75) is 45.3 Å². The first kappa shape index (κ1) is 12.9. The Hall–Kier alpha value is -0.120. The Bertz CT molecular complexity index is 169. The molecule has 0 bridgehead atoms. The monoisotopic (exact) mass is 215 g/mol. The lowest BCUT2D eigenvalue weighted by atomic mass is 10.1. The molecule has 0 saturated carbocycles. The molecule has 1 aliphatic heterocycles. The predicted molar refractivity (Wildman–Crippen MR) is 62.2 cm³/mol. The van der Waals surface area contributed by atoms with E-state index >= 15 is 0 Å². The number of hydrogen-bond acceptors (Lipinski definition) is 3. The zero-order valence-corrected chi connectivity index (χ0v) is 10.6. The standard InChI is InChI=1S/C12H25NO2/c1-12(2,3)15-11-5-7-13(8-6-11)9-10-14-4/h11H,5-10H2,1-4H3. The van der Waals surface area contributed by atoms with Gasteiger partial charge in [-0.25, -0.2) is 0 Å². The van der Waals surface area contributed by atoms with Gasteiger partial charge < -0.3 is 14.4 Å². The van der Waals surface area contributed by atoms with Crippen LogP contribution in [0.5, 0.6) is 0 Å². The van der Waals surface area contributed by atoms with Crippen molar-refractivity contribution in [2.24, 2.45) is 0 Å². The summed E-state index contributed by atoms with van der Waals surface area (Å²) in [6.45, 7) is 10.6. The van der Waals surface area contributed by atoms with E-state index in [1.54, 1.807) is 7.11 Å². The van der Waals surface area contributed by atoms with Crippen molar-refractivity contribution in [3.05, 3.63) is 0 Å². The highest BCUT2D eigenvalue weighted by molar-refractivity contribution is 4.75. The molecule has 0 aromatic rings. The van der Waals surface area contributed by atoms with Crippen molar-refractivity contribution in [3.8, 4) is 0 Å². The molecule has 1 rings (SSSR count). The Morgan fingerprint density at radius 2 is 1.80 bits per heavy atom. The van der Waals surface area contributed by atoms with Crippen LogP contribution in [0.4, 0.5) is 0 Å². The van der Waals surface area contributed by atoms with Crippen LogP contribution in [0.1, 0.15) is 33.6 Å². The quantitative estimate of drug-likeness (QED) is 0.715. The molecule has 0 N–H and O–H groups in total. The summed E-state index contributed by atoms with van der Waals surface area (Å²) in [5.41, 5.74) is -0.000629. The fourth-order valence-electron chi connectivity index (χ4n) is 1.97. The van der Waals surface area contributed by atoms with E-state index in [2.05, 4.69) is 25.7 Å². The number of nitrogens with zero attached hydrogens (tertiary/aromatic N) is 1. The van der Waals surface area contributed by atoms with Crippen LogP contribution < -0.4 is 0 Å². The number of piperidine rings is 1. The van der Waals surface area contributed by atoms with E-state index in [0.717, 1.165) is 39.1 Å². The normalized spacial score (nSPS) is 20.8. The molecule has 0 unspecified atom stereocenters. The van der Waals surface area contributed by atoms with Crippen molar-refractivity contribution in [2.75, 3.05) is 33.4 Å². The van der Waals surface area contributed by atoms with Crippen molar-refractivity contribution < 1.29 is 9.47 Å². The van der Waals surface area contributed by atoms with Crippen LogP contribution in [-0.2, 0) is 9.47 Å². The lowest BCUT2D eigenvalue weighted by Gasteiger charge is -2.35. The summed E-state index contributed by atoms with van der Waals surface area (Å²) in [7, 11) is 1.76. The first-order valence-electron chi connectivity index (χ1n) is 5.90. The van der Waals surface area contributed by atoms with Crippen molar-refractivity contribution in [3.63, 3.8) is 0 Å². The molecule has 1 aliphatic rings. The van der Waals surface area contributed by atoms with Gasteiger partial charge in [-0.15, -0.1) is 0 Å². The number of methoxy groups -OCH3 is 1. The smallest absolute Gasteiger partial charge is 0.0606 e. The summed E-state index contributed by atoms with van der Waals surface area (Å²) in [6, 6.07) is 0. The molecule has 0 aliphatic carbocycles. The first-order valence-corrected chi connectivity index (χ1v) is 5.90. The molecule has 3 nitrogen and oxygen atoms in total. The number of rotatable bonds is 4. The Morgan fingerprint density at radius 1 is 1.20 bits per heavy atom. The zero-order chi connectivity index (χ0) is 11.3. The van der Waals surface area contributed by atoms with Gasteiger partial charge in [-0.2, -0.15) is 0 Å². The Morgan fingerprint density at radius 3 is 2.27 bits per heavy atom. The average molecular weight is 215 g/mol. The maximum atomic E-state index is 5.97. The van der Waals surface area contributed by atoms with Crippen LogP contribution in [0.25, 0.3) is 0 Å². The van der Waals surface area contributed by atoms with Crippen LogP contribution >= 0.6 is 0 Å². The molecule has 90 valence electrons. The van der Waals surface area contributed by atoms with Crippen molar-refractivity contribution in [1.82, 2.24) is 4.90 Å². The van der Waals surface area contributed by atoms with E-state index in [-0.39, 0.29) is 5.60 Å². The minimum atomic E-state index is -0.000629. The summed E-state index contributed by atoms with van der Waals surface area (Å²) in [5.74, 6) is 0. The second-order valence-electron chi connectivity index (χ2n) is 5.26. The second-order valence-corrected chi connectivity index (χ2v) is 5.26. The molecular weight excluding hydrogens is 190 g/mol. The molecule has 0 spiro atoms. The van der Waals surface area contributed by atoms with Crippen LogP contribution in [0.2, 0.25) is 0 Å². The van der Waals surface area contributed by atoms with Gasteiger partial charge in [0.1, 0.15) is 0 Å². The molecule has 0 aromatic carbocycles. The number of hydrogen-bond donors (Lipinski definition) is 0. The van der Waals surface area contributed by atoms with E-state index in [9.17, 15) is 0 Å². The van der Waals surface area contributed by atoms with Crippen molar-refractivity contribution in [1.29, 1.82) is 0 Å². The van der Waals surface area contributed by atoms with Crippen LogP contribution in [0, 0.1) is 0 Å². The SMILES string of the molecule is COCCN1CCC(OC(C)(C)C)CC1. The minimum Gasteiger partial charge on any atom is -0.383 e. The third kappa shape index (κ3) is 5.50. The van der Waals surface area contributed by atoms with Gasteiger partial charge >= 0.3 is 0 Å². The molecule has 0 atom stereocenters. The summed E-state index contributed by atoms with van der Waals surface area (Å²) in [4.78, 5) is 2.45. The molecule has 1 heterocycles. The Balaban J connectivity index is 2.18. The zero-order valence-electron chi connectivity index (χ0n) is 10.6. The fraction of sp³-hybridized carbons (Fsp3) is 1.00. The van der Waals surface area contributed by atoms with Gasteiger partial charge in [0.05, 0.1) is 18.3 Å². The van der Waals surface area contributed by atoms with Gasteiger partial charge in [0, 0.05) is 26.7 Å². The molecular formula is C12H25NO2. The second kappa shape index (κ2) is 5.83. The van der Waals surface area contributed by atoms with E-state index < -0.39 is 0 Å². The summed E-state index contributed by atoms with van der Waals surface area (Å²) in [5, 5.41) is 0. The third-order valence-corrected chi connectivity index (χ3v) is 2.67. The fourth-order valence-corrected chi connectivity index (χ4v) is 1.97. The third-order valence-electron chi connectivity index (χ3n) is 2.67. The topological polar surface area (TPSA) is 21.7 Å². The largest absolute Gasteiger partial charge is 0.383 e. The molecule has 3 heteroatoms. The number of ether oxygens (including phenoxy) is 2. The van der Waals surface area contributed by atoms with E-state index in [0.29, 0.717) is 6.10 Å². The lowest BCUT2D eigenvalue weighted by molar-refractivity contribution is -0.0829. The van der Waals surface area contributed by atoms with E-state index in [1.165, 1.54) is 0 Å². The van der Waals surface area contributed by atoms with Crippen LogP contribution in [-0.4, -0.2) is 50.0 Å². The summed E-state index contributed by atoms with van der Waals surface area (Å²) in [6.07, 6.45) is 2.76. The van der Waals surface area contributed by atoms with Crippen LogP contribution in [0.3, 0.4) is 0 Å². The predicted octanol–water partition coefficient (Wildman–Crippen LogP) is 1.91. The number of likely N-dealkylation sites (tertiary alicyclic amines) is 1. The molecule has 0 aromatic heterocycles. The maximum absolute atomic E-state index is 5.97. The van der Waals surface area contributed by atoms with Gasteiger partial charge in [0.2, 0.25) is 0 Å². The first-order chi connectivity index (χ1) is 7.01. The van der Waals surface area contributed by atoms with E-state index in [4.69, 9.17) is 9.47 Å². The van der Waals surface area contributed by atoms with Gasteiger partial charge in [-0.1, -0.05) is 0 Å². The highest BCUT2D eigenvalue weighted by Crippen LogP contribution is 2.19. The van der Waals surface area contributed by atoms with Gasteiger partial charge in [0.25, 0.3) is 0 Å². The van der Waals surface area contributed by atoms with Crippen LogP contribution in [0.15, 0.2) is 0 Å². The van der Waals surface area contributed by atoms with E-state index in [1.807, 2.05) is 0 Å². The summed E-state index contributed by atoms with van der Waals surface area (Å²) < 4.78 is 11.1. The molecule has 1 saturated heterocycles. The average Bonchev–Trinajstić information content (AvgIpc) is 2.14. The van der Waals surface area contributed by atoms with Gasteiger partial charge in [0.15, 0.2) is 0 Å². The maximum Gasteiger partial charge on any atom is 0.0606 e. The summed E-state index contributed by atoms with van der Waals surface area (Å²) >= 11 is 0. The molecule has 0 amide bonds. The Kier molecular flexibility index (Phi) is 5.03. The van der Waals surface area contributed by atoms with Gasteiger partial charge in [-0.05, 0) is 33.6 Å². The highest BCUT2D eigenvalue weighted by Gasteiger charge is 2.23. The highest BCUT2D eigenvalue weighted by atomic mass is 16.5. The molecule has 0 radical (unpaired) electrons. The lowest BCUT2D eigenvalue weighted by Crippen LogP contribution is -2.41. The minimum absolute atomic E-state index is 0.000629. The van der Waals surface area contributed by atoms with Gasteiger partial charge in [-0.3, -0.25) is 0 Å². The Labute approximate surface area is 93.7 Å². The van der Waals surface area contributed by atoms with Crippen molar-refractivity contribution >= 4 is 0 Å².